The Labute approximate surface area is 161 Å². The van der Waals surface area contributed by atoms with Crippen LogP contribution in [-0.2, 0) is 20.9 Å². The third kappa shape index (κ3) is 4.48. The number of allylic oxidation sites excluding steroid dienone is 8. The van der Waals surface area contributed by atoms with Gasteiger partial charge in [-0.1, -0.05) is 0 Å². The zero-order valence-corrected chi connectivity index (χ0v) is 19.2. The monoisotopic (exact) mass is 441 g/mol. The van der Waals surface area contributed by atoms with E-state index in [-0.39, 0.29) is 24.8 Å². The van der Waals surface area contributed by atoms with Crippen LogP contribution in [0.2, 0.25) is 13.1 Å². The van der Waals surface area contributed by atoms with E-state index in [4.69, 9.17) is 0 Å². The van der Waals surface area contributed by atoms with Gasteiger partial charge < -0.3 is 0 Å². The van der Waals surface area contributed by atoms with E-state index < -0.39 is 26.8 Å². The summed E-state index contributed by atoms with van der Waals surface area (Å²) in [5.41, 5.74) is 4.59. The first-order valence-electron chi connectivity index (χ1n) is 7.87. The van der Waals surface area contributed by atoms with Crippen molar-refractivity contribution < 1.29 is 20.9 Å². The molecule has 0 aliphatic heterocycles. The quantitative estimate of drug-likeness (QED) is 0.498. The van der Waals surface area contributed by atoms with E-state index >= 15 is 0 Å². The van der Waals surface area contributed by atoms with Gasteiger partial charge in [-0.2, -0.15) is 0 Å². The van der Waals surface area contributed by atoms with Crippen LogP contribution < -0.4 is 0 Å². The van der Waals surface area contributed by atoms with Crippen LogP contribution in [0.25, 0.3) is 5.57 Å². The largest absolute Gasteiger partial charge is 0.147 e. The van der Waals surface area contributed by atoms with E-state index in [0.717, 1.165) is 0 Å². The Morgan fingerprint density at radius 2 is 1.48 bits per heavy atom. The Morgan fingerprint density at radius 1 is 0.870 bits per heavy atom. The van der Waals surface area contributed by atoms with Crippen molar-refractivity contribution in [1.82, 2.24) is 0 Å². The molecule has 2 aliphatic carbocycles. The van der Waals surface area contributed by atoms with Crippen molar-refractivity contribution in [3.05, 3.63) is 72.3 Å². The minimum Gasteiger partial charge on any atom is -0.147 e. The molecule has 0 spiro atoms. The summed E-state index contributed by atoms with van der Waals surface area (Å²) >= 11 is -1.61. The van der Waals surface area contributed by atoms with Gasteiger partial charge in [0.1, 0.15) is 0 Å². The van der Waals surface area contributed by atoms with Crippen LogP contribution >= 0.6 is 24.8 Å². The molecule has 1 aromatic rings. The molecule has 0 aromatic heterocycles. The SMILES string of the molecule is CC1=[C]([Zr]([C]2=C(c3ccccc3)C=CC2)[SiH](C)C)CC=C1.Cl.Cl. The Bertz CT molecular complexity index is 657. The summed E-state index contributed by atoms with van der Waals surface area (Å²) in [4.78, 5) is 0. The minimum atomic E-state index is -1.61. The molecule has 0 saturated heterocycles. The van der Waals surface area contributed by atoms with Gasteiger partial charge in [0.15, 0.2) is 0 Å². The molecular formula is C19H25Cl2SiZr. The van der Waals surface area contributed by atoms with Crippen molar-refractivity contribution in [3.63, 3.8) is 0 Å². The van der Waals surface area contributed by atoms with E-state index in [9.17, 15) is 0 Å². The second kappa shape index (κ2) is 9.37. The van der Waals surface area contributed by atoms with E-state index in [0.29, 0.717) is 0 Å². The standard InChI is InChI=1S/C11H9.C6H7.C2H7Si.2ClH.Zr/c1-2-6-10(7-3-1)11-8-4-5-9-11;1-6-4-2-3-5-6;1-3-2;;;/h1-4,6-8H,5H2;2,4H,3H2,1H3;3H,1-2H3;2*1H;. The third-order valence-electron chi connectivity index (χ3n) is 4.41. The van der Waals surface area contributed by atoms with Gasteiger partial charge in [0.05, 0.1) is 0 Å². The Balaban J connectivity index is 0.00000132. The number of rotatable bonds is 4. The average molecular weight is 444 g/mol. The van der Waals surface area contributed by atoms with Gasteiger partial charge in [0.25, 0.3) is 0 Å². The molecule has 3 rings (SSSR count). The first-order valence-corrected chi connectivity index (χ1v) is 17.5. The Kier molecular flexibility index (Phi) is 8.52. The molecular weight excluding hydrogens is 418 g/mol. The summed E-state index contributed by atoms with van der Waals surface area (Å²) in [5.74, 6) is -0.591. The van der Waals surface area contributed by atoms with Gasteiger partial charge in [-0.05, 0) is 0 Å². The molecule has 4 heteroatoms. The van der Waals surface area contributed by atoms with Gasteiger partial charge in [0.2, 0.25) is 0 Å². The van der Waals surface area contributed by atoms with E-state index in [2.05, 4.69) is 74.7 Å². The van der Waals surface area contributed by atoms with Crippen LogP contribution in [0.4, 0.5) is 0 Å². The second-order valence-electron chi connectivity index (χ2n) is 6.20. The van der Waals surface area contributed by atoms with Crippen LogP contribution in [-0.4, -0.2) is 5.92 Å². The van der Waals surface area contributed by atoms with Gasteiger partial charge in [-0.25, -0.2) is 0 Å². The smallest absolute Gasteiger partial charge is 0.147 e. The fourth-order valence-electron chi connectivity index (χ4n) is 3.46. The van der Waals surface area contributed by atoms with E-state index in [1.807, 2.05) is 6.56 Å². The minimum absolute atomic E-state index is 0. The van der Waals surface area contributed by atoms with Gasteiger partial charge in [0, 0.05) is 0 Å². The maximum absolute atomic E-state index is 2.58. The number of benzene rings is 1. The Hall–Kier alpha value is -0.140. The molecule has 0 radical (unpaired) electrons. The fourth-order valence-corrected chi connectivity index (χ4v) is 23.9. The van der Waals surface area contributed by atoms with Crippen molar-refractivity contribution in [1.29, 1.82) is 0 Å². The molecule has 0 unspecified atom stereocenters. The topological polar surface area (TPSA) is 0 Å². The molecule has 0 fully saturated rings. The van der Waals surface area contributed by atoms with Gasteiger partial charge >= 0.3 is 138 Å². The van der Waals surface area contributed by atoms with Gasteiger partial charge in [-0.15, -0.1) is 24.8 Å². The normalized spacial score (nSPS) is 16.0. The van der Waals surface area contributed by atoms with Crippen LogP contribution in [0.3, 0.4) is 0 Å². The van der Waals surface area contributed by atoms with E-state index in [1.165, 1.54) is 18.4 Å². The predicted octanol–water partition coefficient (Wildman–Crippen LogP) is 6.04. The van der Waals surface area contributed by atoms with Crippen molar-refractivity contribution in [2.45, 2.75) is 32.9 Å². The van der Waals surface area contributed by atoms with Gasteiger partial charge in [-0.3, -0.25) is 0 Å². The van der Waals surface area contributed by atoms with Crippen LogP contribution in [0.1, 0.15) is 25.3 Å². The summed E-state index contributed by atoms with van der Waals surface area (Å²) in [6, 6.07) is 11.0. The molecule has 1 aromatic carbocycles. The molecule has 123 valence electrons. The number of hydrogen-bond donors (Lipinski definition) is 0. The molecule has 2 aliphatic rings. The zero-order valence-electron chi connectivity index (χ0n) is 14.0. The summed E-state index contributed by atoms with van der Waals surface area (Å²) < 4.78 is 3.74. The van der Waals surface area contributed by atoms with Crippen LogP contribution in [0.15, 0.2) is 66.8 Å². The van der Waals surface area contributed by atoms with Crippen molar-refractivity contribution in [3.8, 4) is 0 Å². The predicted molar refractivity (Wildman–Crippen MR) is 107 cm³/mol. The maximum Gasteiger partial charge on any atom is -0.147 e. The molecule has 0 bridgehead atoms. The van der Waals surface area contributed by atoms with Crippen LogP contribution in [0.5, 0.6) is 0 Å². The maximum atomic E-state index is 2.58. The Morgan fingerprint density at radius 3 is 2.04 bits per heavy atom. The number of hydrogen-bond acceptors (Lipinski definition) is 0. The molecule has 23 heavy (non-hydrogen) atoms. The van der Waals surface area contributed by atoms with Crippen LogP contribution in [0, 0.1) is 0 Å². The molecule has 0 nitrogen and oxygen atoms in total. The third-order valence-corrected chi connectivity index (χ3v) is 24.0. The average Bonchev–Trinajstić information content (AvgIpc) is 3.10. The molecule has 0 N–H and O–H groups in total. The molecule has 0 atom stereocenters. The first-order chi connectivity index (χ1) is 10.2. The summed E-state index contributed by atoms with van der Waals surface area (Å²) in [6.45, 7) is 7.50. The molecule has 0 saturated carbocycles. The van der Waals surface area contributed by atoms with E-state index in [1.54, 1.807) is 11.1 Å². The zero-order chi connectivity index (χ0) is 14.8. The molecule has 0 amide bonds. The molecule has 0 heterocycles. The fraction of sp³-hybridized carbons (Fsp3) is 0.263. The first kappa shape index (κ1) is 20.9. The van der Waals surface area contributed by atoms with Crippen molar-refractivity contribution >= 4 is 36.3 Å². The second-order valence-corrected chi connectivity index (χ2v) is 25.4. The summed E-state index contributed by atoms with van der Waals surface area (Å²) in [6.07, 6.45) is 12.0. The number of halogens is 2. The summed E-state index contributed by atoms with van der Waals surface area (Å²) in [7, 11) is 0. The summed E-state index contributed by atoms with van der Waals surface area (Å²) in [5, 5.41) is 0. The van der Waals surface area contributed by atoms with Crippen molar-refractivity contribution in [2.24, 2.45) is 0 Å². The van der Waals surface area contributed by atoms with Crippen molar-refractivity contribution in [2.75, 3.05) is 0 Å².